The van der Waals surface area contributed by atoms with Crippen LogP contribution in [0.4, 0.5) is 24.5 Å². The Bertz CT molecular complexity index is 912. The van der Waals surface area contributed by atoms with Gasteiger partial charge in [0, 0.05) is 25.9 Å². The number of rotatable bonds is 4. The van der Waals surface area contributed by atoms with E-state index in [1.54, 1.807) is 19.2 Å². The van der Waals surface area contributed by atoms with E-state index in [1.165, 1.54) is 4.57 Å². The normalized spacial score (nSPS) is 11.6. The molecule has 1 heterocycles. The van der Waals surface area contributed by atoms with Crippen molar-refractivity contribution < 1.29 is 13.2 Å². The van der Waals surface area contributed by atoms with Gasteiger partial charge in [-0.15, -0.1) is 0 Å². The van der Waals surface area contributed by atoms with Crippen LogP contribution in [-0.4, -0.2) is 16.6 Å². The van der Waals surface area contributed by atoms with Crippen molar-refractivity contribution in [2.45, 2.75) is 12.6 Å². The lowest BCUT2D eigenvalue weighted by Gasteiger charge is -2.12. The molecule has 0 amide bonds. The molecule has 0 unspecified atom stereocenters. The average Bonchev–Trinajstić information content (AvgIpc) is 2.98. The van der Waals surface area contributed by atoms with E-state index in [0.717, 1.165) is 23.0 Å². The standard InChI is InChI=1S/C19H19F3N4/c1-24-17-14(4-3-5-15(17)23)10-12-6-8-13(9-7-12)18-25-16(11-26(18)2)19(20,21)22/h3-9,11,24H,10,23H2,1-2H3. The number of benzene rings is 2. The van der Waals surface area contributed by atoms with Crippen molar-refractivity contribution in [2.75, 3.05) is 18.1 Å². The monoisotopic (exact) mass is 360 g/mol. The highest BCUT2D eigenvalue weighted by molar-refractivity contribution is 5.70. The van der Waals surface area contributed by atoms with Gasteiger partial charge in [-0.3, -0.25) is 0 Å². The van der Waals surface area contributed by atoms with E-state index in [-0.39, 0.29) is 5.82 Å². The number of anilines is 2. The van der Waals surface area contributed by atoms with Crippen LogP contribution < -0.4 is 11.1 Å². The summed E-state index contributed by atoms with van der Waals surface area (Å²) in [6, 6.07) is 13.1. The van der Waals surface area contributed by atoms with Crippen LogP contribution >= 0.6 is 0 Å². The molecule has 0 saturated heterocycles. The highest BCUT2D eigenvalue weighted by Crippen LogP contribution is 2.31. The second-order valence-corrected chi connectivity index (χ2v) is 6.06. The van der Waals surface area contributed by atoms with Gasteiger partial charge in [0.25, 0.3) is 0 Å². The number of halogens is 3. The Hall–Kier alpha value is -2.96. The average molecular weight is 360 g/mol. The molecule has 0 bridgehead atoms. The molecule has 26 heavy (non-hydrogen) atoms. The zero-order valence-corrected chi connectivity index (χ0v) is 14.4. The van der Waals surface area contributed by atoms with Crippen LogP contribution in [0.1, 0.15) is 16.8 Å². The van der Waals surface area contributed by atoms with E-state index in [1.807, 2.05) is 37.4 Å². The smallest absolute Gasteiger partial charge is 0.397 e. The summed E-state index contributed by atoms with van der Waals surface area (Å²) in [7, 11) is 3.37. The third-order valence-electron chi connectivity index (χ3n) is 4.21. The predicted molar refractivity (Wildman–Crippen MR) is 96.9 cm³/mol. The number of aryl methyl sites for hydroxylation is 1. The van der Waals surface area contributed by atoms with Gasteiger partial charge in [0.15, 0.2) is 5.69 Å². The van der Waals surface area contributed by atoms with Gasteiger partial charge < -0.3 is 15.6 Å². The summed E-state index contributed by atoms with van der Waals surface area (Å²) < 4.78 is 39.8. The number of nitrogens with two attached hydrogens (primary N) is 1. The molecule has 0 aliphatic carbocycles. The fourth-order valence-electron chi connectivity index (χ4n) is 2.93. The fourth-order valence-corrected chi connectivity index (χ4v) is 2.93. The Kier molecular flexibility index (Phi) is 4.63. The molecule has 0 spiro atoms. The van der Waals surface area contributed by atoms with Crippen LogP contribution in [0.15, 0.2) is 48.7 Å². The van der Waals surface area contributed by atoms with Gasteiger partial charge in [-0.05, 0) is 23.6 Å². The number of hydrogen-bond acceptors (Lipinski definition) is 3. The largest absolute Gasteiger partial charge is 0.434 e. The summed E-state index contributed by atoms with van der Waals surface area (Å²) in [6.45, 7) is 0. The molecule has 0 atom stereocenters. The van der Waals surface area contributed by atoms with Crippen molar-refractivity contribution >= 4 is 11.4 Å². The van der Waals surface area contributed by atoms with Crippen molar-refractivity contribution in [1.29, 1.82) is 0 Å². The second kappa shape index (κ2) is 6.74. The molecular formula is C19H19F3N4. The zero-order valence-electron chi connectivity index (χ0n) is 14.4. The SMILES string of the molecule is CNc1c(N)cccc1Cc1ccc(-c2nc(C(F)(F)F)cn2C)cc1. The van der Waals surface area contributed by atoms with Gasteiger partial charge in [-0.1, -0.05) is 36.4 Å². The Morgan fingerprint density at radius 3 is 2.38 bits per heavy atom. The van der Waals surface area contributed by atoms with Crippen molar-refractivity contribution in [3.05, 3.63) is 65.5 Å². The molecule has 7 heteroatoms. The number of nitrogens with one attached hydrogen (secondary N) is 1. The minimum absolute atomic E-state index is 0.281. The molecule has 3 rings (SSSR count). The lowest BCUT2D eigenvalue weighted by atomic mass is 10.0. The van der Waals surface area contributed by atoms with Gasteiger partial charge in [-0.25, -0.2) is 4.98 Å². The maximum Gasteiger partial charge on any atom is 0.434 e. The summed E-state index contributed by atoms with van der Waals surface area (Å²) in [6.07, 6.45) is -2.79. The summed E-state index contributed by atoms with van der Waals surface area (Å²) in [5.74, 6) is 0.281. The number of alkyl halides is 3. The highest BCUT2D eigenvalue weighted by atomic mass is 19.4. The van der Waals surface area contributed by atoms with Crippen molar-refractivity contribution in [2.24, 2.45) is 7.05 Å². The summed E-state index contributed by atoms with van der Waals surface area (Å²) in [4.78, 5) is 3.72. The molecule has 1 aromatic heterocycles. The number of hydrogen-bond donors (Lipinski definition) is 2. The molecular weight excluding hydrogens is 341 g/mol. The number of aromatic nitrogens is 2. The van der Waals surface area contributed by atoms with Crippen LogP contribution in [0, 0.1) is 0 Å². The molecule has 0 aliphatic rings. The number of para-hydroxylation sites is 1. The van der Waals surface area contributed by atoms with Crippen LogP contribution in [0.3, 0.4) is 0 Å². The quantitative estimate of drug-likeness (QED) is 0.681. The first-order chi connectivity index (χ1) is 12.3. The van der Waals surface area contributed by atoms with Gasteiger partial charge in [-0.2, -0.15) is 13.2 Å². The van der Waals surface area contributed by atoms with E-state index in [9.17, 15) is 13.2 Å². The Morgan fingerprint density at radius 1 is 1.12 bits per heavy atom. The van der Waals surface area contributed by atoms with Crippen LogP contribution in [0.2, 0.25) is 0 Å². The number of nitrogens with zero attached hydrogens (tertiary/aromatic N) is 2. The minimum atomic E-state index is -4.45. The Labute approximate surface area is 149 Å². The molecule has 0 saturated carbocycles. The molecule has 0 radical (unpaired) electrons. The first-order valence-electron chi connectivity index (χ1n) is 8.04. The third-order valence-corrected chi connectivity index (χ3v) is 4.21. The van der Waals surface area contributed by atoms with E-state index in [2.05, 4.69) is 10.3 Å². The summed E-state index contributed by atoms with van der Waals surface area (Å²) >= 11 is 0. The molecule has 136 valence electrons. The van der Waals surface area contributed by atoms with Crippen molar-refractivity contribution in [3.63, 3.8) is 0 Å². The maximum atomic E-state index is 12.8. The first kappa shape index (κ1) is 17.8. The molecule has 3 N–H and O–H groups in total. The lowest BCUT2D eigenvalue weighted by Crippen LogP contribution is -2.04. The topological polar surface area (TPSA) is 55.9 Å². The van der Waals surface area contributed by atoms with E-state index in [4.69, 9.17) is 5.73 Å². The zero-order chi connectivity index (χ0) is 18.9. The Balaban J connectivity index is 1.86. The maximum absolute atomic E-state index is 12.8. The fraction of sp³-hybridized carbons (Fsp3) is 0.211. The number of imidazole rings is 1. The molecule has 2 aromatic carbocycles. The number of nitrogen functional groups attached to an aromatic ring is 1. The van der Waals surface area contributed by atoms with E-state index >= 15 is 0 Å². The lowest BCUT2D eigenvalue weighted by molar-refractivity contribution is -0.140. The minimum Gasteiger partial charge on any atom is -0.397 e. The summed E-state index contributed by atoms with van der Waals surface area (Å²) in [5, 5.41) is 3.10. The van der Waals surface area contributed by atoms with Gasteiger partial charge in [0.2, 0.25) is 0 Å². The van der Waals surface area contributed by atoms with Crippen molar-refractivity contribution in [1.82, 2.24) is 9.55 Å². The van der Waals surface area contributed by atoms with Gasteiger partial charge >= 0.3 is 6.18 Å². The predicted octanol–water partition coefficient (Wildman–Crippen LogP) is 4.32. The summed E-state index contributed by atoms with van der Waals surface area (Å²) in [5.41, 5.74) is 9.36. The molecule has 3 aromatic rings. The van der Waals surface area contributed by atoms with E-state index < -0.39 is 11.9 Å². The molecule has 4 nitrogen and oxygen atoms in total. The second-order valence-electron chi connectivity index (χ2n) is 6.06. The van der Waals surface area contributed by atoms with Gasteiger partial charge in [0.05, 0.1) is 11.4 Å². The van der Waals surface area contributed by atoms with Gasteiger partial charge in [0.1, 0.15) is 5.82 Å². The highest BCUT2D eigenvalue weighted by Gasteiger charge is 2.34. The third kappa shape index (κ3) is 3.51. The van der Waals surface area contributed by atoms with Crippen LogP contribution in [0.25, 0.3) is 11.4 Å². The first-order valence-corrected chi connectivity index (χ1v) is 8.04. The van der Waals surface area contributed by atoms with Crippen molar-refractivity contribution in [3.8, 4) is 11.4 Å². The molecule has 0 fully saturated rings. The van der Waals surface area contributed by atoms with Crippen LogP contribution in [0.5, 0.6) is 0 Å². The molecule has 0 aliphatic heterocycles. The van der Waals surface area contributed by atoms with Crippen LogP contribution in [-0.2, 0) is 19.6 Å². The Morgan fingerprint density at radius 2 is 1.81 bits per heavy atom. The van der Waals surface area contributed by atoms with E-state index in [0.29, 0.717) is 17.7 Å².